The van der Waals surface area contributed by atoms with E-state index in [1.54, 1.807) is 31.2 Å². The molecule has 0 aromatic heterocycles. The Hall–Kier alpha value is -2.70. The fourth-order valence-electron chi connectivity index (χ4n) is 6.07. The lowest BCUT2D eigenvalue weighted by Gasteiger charge is -2.55. The van der Waals surface area contributed by atoms with Crippen LogP contribution in [0.5, 0.6) is 0 Å². The second kappa shape index (κ2) is 8.44. The lowest BCUT2D eigenvalue weighted by molar-refractivity contribution is -0.154. The van der Waals surface area contributed by atoms with Gasteiger partial charge < -0.3 is 15.4 Å². The molecule has 0 spiro atoms. The van der Waals surface area contributed by atoms with Crippen molar-refractivity contribution in [3.05, 3.63) is 29.8 Å². The van der Waals surface area contributed by atoms with Gasteiger partial charge in [-0.15, -0.1) is 0 Å². The van der Waals surface area contributed by atoms with Gasteiger partial charge in [0.05, 0.1) is 0 Å². The van der Waals surface area contributed by atoms with E-state index in [0.29, 0.717) is 29.0 Å². The van der Waals surface area contributed by atoms with E-state index < -0.39 is 24.5 Å². The summed E-state index contributed by atoms with van der Waals surface area (Å²) in [6, 6.07) is 5.73. The van der Waals surface area contributed by atoms with Crippen molar-refractivity contribution in [2.24, 2.45) is 23.2 Å². The number of nitrogens with one attached hydrogen (secondary N) is 2. The first kappa shape index (κ1) is 21.5. The molecule has 1 atom stereocenters. The summed E-state index contributed by atoms with van der Waals surface area (Å²) in [5.74, 6) is 0.644. The predicted molar refractivity (Wildman–Crippen MR) is 114 cm³/mol. The van der Waals surface area contributed by atoms with Crippen molar-refractivity contribution in [3.8, 4) is 0 Å². The highest BCUT2D eigenvalue weighted by molar-refractivity contribution is 5.97. The van der Waals surface area contributed by atoms with Crippen LogP contribution in [0.3, 0.4) is 0 Å². The molecule has 1 aromatic rings. The number of esters is 1. The number of carbonyl (C=O) groups excluding carboxylic acids is 4. The number of rotatable bonds is 7. The summed E-state index contributed by atoms with van der Waals surface area (Å²) in [6.07, 6.45) is 6.51. The van der Waals surface area contributed by atoms with Crippen LogP contribution in [0.15, 0.2) is 24.3 Å². The van der Waals surface area contributed by atoms with Crippen LogP contribution in [-0.2, 0) is 19.1 Å². The van der Waals surface area contributed by atoms with Gasteiger partial charge >= 0.3 is 5.97 Å². The van der Waals surface area contributed by atoms with Crippen molar-refractivity contribution in [2.45, 2.75) is 58.4 Å². The number of ketones is 1. The molecule has 7 nitrogen and oxygen atoms in total. The molecule has 0 saturated heterocycles. The number of amides is 2. The Labute approximate surface area is 182 Å². The molecule has 31 heavy (non-hydrogen) atoms. The minimum Gasteiger partial charge on any atom is -0.454 e. The van der Waals surface area contributed by atoms with Crippen molar-refractivity contribution in [3.63, 3.8) is 0 Å². The number of benzene rings is 1. The van der Waals surface area contributed by atoms with Crippen molar-refractivity contribution < 1.29 is 23.9 Å². The lowest BCUT2D eigenvalue weighted by Crippen LogP contribution is -2.56. The number of carbonyl (C=O) groups is 4. The maximum atomic E-state index is 13.1. The van der Waals surface area contributed by atoms with E-state index in [9.17, 15) is 19.2 Å². The summed E-state index contributed by atoms with van der Waals surface area (Å²) in [6.45, 7) is 2.58. The van der Waals surface area contributed by atoms with Crippen LogP contribution in [0.25, 0.3) is 0 Å². The van der Waals surface area contributed by atoms with Gasteiger partial charge in [-0.05, 0) is 82.3 Å². The molecule has 4 aliphatic carbocycles. The van der Waals surface area contributed by atoms with Gasteiger partial charge in [-0.2, -0.15) is 0 Å². The summed E-state index contributed by atoms with van der Waals surface area (Å²) >= 11 is 0. The molecule has 4 fully saturated rings. The quantitative estimate of drug-likeness (QED) is 0.515. The van der Waals surface area contributed by atoms with Crippen molar-refractivity contribution in [2.75, 3.05) is 11.9 Å². The highest BCUT2D eigenvalue weighted by atomic mass is 16.5. The molecule has 0 radical (unpaired) electrons. The van der Waals surface area contributed by atoms with Crippen LogP contribution in [0.1, 0.15) is 62.7 Å². The van der Waals surface area contributed by atoms with Gasteiger partial charge in [-0.1, -0.05) is 12.1 Å². The number of Topliss-reactive ketones (excluding diaryl/α,β-unsaturated/α-hetero) is 1. The Morgan fingerprint density at radius 1 is 1.06 bits per heavy atom. The van der Waals surface area contributed by atoms with Crippen molar-refractivity contribution in [1.29, 1.82) is 0 Å². The smallest absolute Gasteiger partial charge is 0.328 e. The number of hydrogen-bond acceptors (Lipinski definition) is 5. The van der Waals surface area contributed by atoms with Crippen LogP contribution >= 0.6 is 0 Å². The summed E-state index contributed by atoms with van der Waals surface area (Å²) < 4.78 is 5.10. The molecule has 0 unspecified atom stereocenters. The fourth-order valence-corrected chi connectivity index (χ4v) is 6.07. The minimum absolute atomic E-state index is 0.0402. The molecule has 2 N–H and O–H groups in total. The van der Waals surface area contributed by atoms with E-state index in [-0.39, 0.29) is 17.1 Å². The number of ether oxygens (including phenoxy) is 1. The third-order valence-corrected chi connectivity index (χ3v) is 7.12. The number of hydrogen-bond donors (Lipinski definition) is 2. The summed E-state index contributed by atoms with van der Waals surface area (Å²) in [4.78, 5) is 49.0. The first-order valence-electron chi connectivity index (χ1n) is 11.1. The maximum absolute atomic E-state index is 13.1. The van der Waals surface area contributed by atoms with Crippen LogP contribution in [-0.4, -0.2) is 36.2 Å². The van der Waals surface area contributed by atoms with Crippen molar-refractivity contribution in [1.82, 2.24) is 5.32 Å². The summed E-state index contributed by atoms with van der Waals surface area (Å²) in [5.41, 5.74) is 0.607. The van der Waals surface area contributed by atoms with Gasteiger partial charge in [0.1, 0.15) is 6.04 Å². The number of anilines is 1. The largest absolute Gasteiger partial charge is 0.454 e. The Balaban J connectivity index is 1.26. The zero-order chi connectivity index (χ0) is 22.2. The third-order valence-electron chi connectivity index (χ3n) is 7.12. The molecule has 5 rings (SSSR count). The van der Waals surface area contributed by atoms with E-state index in [4.69, 9.17) is 4.74 Å². The van der Waals surface area contributed by atoms with Crippen LogP contribution in [0.2, 0.25) is 0 Å². The minimum atomic E-state index is -0.811. The molecule has 166 valence electrons. The Bertz CT molecular complexity index is 874. The lowest BCUT2D eigenvalue weighted by atomic mass is 9.49. The summed E-state index contributed by atoms with van der Waals surface area (Å²) in [5, 5.41) is 5.45. The molecule has 0 aliphatic heterocycles. The van der Waals surface area contributed by atoms with Crippen molar-refractivity contribution >= 4 is 29.3 Å². The highest BCUT2D eigenvalue weighted by Crippen LogP contribution is 2.60. The first-order chi connectivity index (χ1) is 14.7. The standard InChI is InChI=1S/C24H30N2O5/c1-14(25-23(30)24-10-16-6-17(11-24)8-18(7-16)12-24)22(29)31-13-21(28)26-20-5-3-4-19(9-20)15(2)27/h3-5,9,14,16-18H,6-8,10-13H2,1-2H3,(H,25,30)(H,26,28)/t14-,16?,17?,18?,24?/m0/s1. The molecule has 2 amide bonds. The van der Waals surface area contributed by atoms with E-state index in [2.05, 4.69) is 10.6 Å². The molecule has 0 heterocycles. The van der Waals surface area contributed by atoms with Crippen LogP contribution < -0.4 is 10.6 Å². The molecular formula is C24H30N2O5. The van der Waals surface area contributed by atoms with Crippen LogP contribution in [0, 0.1) is 23.2 Å². The topological polar surface area (TPSA) is 102 Å². The van der Waals surface area contributed by atoms with Gasteiger partial charge in [-0.25, -0.2) is 4.79 Å². The van der Waals surface area contributed by atoms with E-state index >= 15 is 0 Å². The van der Waals surface area contributed by atoms with Crippen LogP contribution in [0.4, 0.5) is 5.69 Å². The molecule has 4 aliphatic rings. The van der Waals surface area contributed by atoms with Gasteiger partial charge in [0.2, 0.25) is 5.91 Å². The molecule has 7 heteroatoms. The third kappa shape index (κ3) is 4.65. The Morgan fingerprint density at radius 3 is 2.26 bits per heavy atom. The van der Waals surface area contributed by atoms with E-state index in [1.807, 2.05) is 0 Å². The molecule has 1 aromatic carbocycles. The highest BCUT2D eigenvalue weighted by Gasteiger charge is 2.54. The maximum Gasteiger partial charge on any atom is 0.328 e. The zero-order valence-electron chi connectivity index (χ0n) is 18.1. The monoisotopic (exact) mass is 426 g/mol. The van der Waals surface area contributed by atoms with E-state index in [1.165, 1.54) is 26.2 Å². The Morgan fingerprint density at radius 2 is 1.68 bits per heavy atom. The second-order valence-corrected chi connectivity index (χ2v) is 9.69. The predicted octanol–water partition coefficient (Wildman–Crippen LogP) is 3.09. The average molecular weight is 427 g/mol. The SMILES string of the molecule is CC(=O)c1cccc(NC(=O)COC(=O)[C@H](C)NC(=O)C23CC4CC(CC(C4)C2)C3)c1. The molecular weight excluding hydrogens is 396 g/mol. The normalized spacial score (nSPS) is 29.2. The first-order valence-corrected chi connectivity index (χ1v) is 11.1. The van der Waals surface area contributed by atoms with Gasteiger partial charge in [0, 0.05) is 16.7 Å². The van der Waals surface area contributed by atoms with E-state index in [0.717, 1.165) is 19.3 Å². The van der Waals surface area contributed by atoms with Gasteiger partial charge in [-0.3, -0.25) is 14.4 Å². The van der Waals surface area contributed by atoms with Gasteiger partial charge in [0.15, 0.2) is 12.4 Å². The second-order valence-electron chi connectivity index (χ2n) is 9.69. The Kier molecular flexibility index (Phi) is 5.86. The average Bonchev–Trinajstić information content (AvgIpc) is 2.71. The summed E-state index contributed by atoms with van der Waals surface area (Å²) in [7, 11) is 0. The zero-order valence-corrected chi connectivity index (χ0v) is 18.1. The molecule has 4 saturated carbocycles. The van der Waals surface area contributed by atoms with Gasteiger partial charge in [0.25, 0.3) is 5.91 Å². The fraction of sp³-hybridized carbons (Fsp3) is 0.583. The molecule has 4 bridgehead atoms.